The number of fused-ring (bicyclic) bond motifs is 1. The van der Waals surface area contributed by atoms with Crippen molar-refractivity contribution < 1.29 is 35.1 Å². The Morgan fingerprint density at radius 2 is 1.56 bits per heavy atom. The number of pyridine rings is 1. The summed E-state index contributed by atoms with van der Waals surface area (Å²) < 4.78 is 3.38. The Kier molecular flexibility index (Phi) is 9.56. The van der Waals surface area contributed by atoms with Crippen LogP contribution in [0, 0.1) is 12.3 Å². The summed E-state index contributed by atoms with van der Waals surface area (Å²) in [6.45, 7) is 0. The Bertz CT molecular complexity index is 1980. The van der Waals surface area contributed by atoms with Gasteiger partial charge in [0.1, 0.15) is 0 Å². The quantitative estimate of drug-likeness (QED) is 0.170. The largest absolute Gasteiger partial charge is 0.479 e. The number of aliphatic hydroxyl groups is 3. The Labute approximate surface area is 261 Å². The van der Waals surface area contributed by atoms with E-state index < -0.39 is 29.7 Å². The summed E-state index contributed by atoms with van der Waals surface area (Å²) in [7, 11) is 3.57. The minimum atomic E-state index is -2.27. The van der Waals surface area contributed by atoms with Crippen molar-refractivity contribution in [3.8, 4) is 23.5 Å². The molecule has 12 heteroatoms. The number of rotatable bonds is 7. The topological polar surface area (TPSA) is 175 Å². The average Bonchev–Trinajstić information content (AvgIpc) is 3.48. The maximum absolute atomic E-state index is 12.8. The third kappa shape index (κ3) is 6.50. The first-order chi connectivity index (χ1) is 21.3. The molecule has 0 aliphatic rings. The van der Waals surface area contributed by atoms with Crippen molar-refractivity contribution in [1.82, 2.24) is 14.1 Å². The van der Waals surface area contributed by atoms with Crippen LogP contribution in [0.15, 0.2) is 90.1 Å². The van der Waals surface area contributed by atoms with Crippen LogP contribution in [-0.4, -0.2) is 63.8 Å². The SMILES string of the molecule is C#Cc1cccc(-c2cc(=O)n(C)c3ccc([C@](O)(c4ccc(Cl)cc4)c4cncn4C)cc23)c1.O=C(O)[C@@H](O)[C@H](O)C(=O)O. The van der Waals surface area contributed by atoms with Gasteiger partial charge in [0.15, 0.2) is 17.8 Å². The average molecular weight is 630 g/mol. The molecule has 0 aliphatic carbocycles. The number of halogens is 1. The monoisotopic (exact) mass is 629 g/mol. The number of terminal acetylenes is 1. The number of carbonyl (C=O) groups is 2. The molecule has 2 heterocycles. The van der Waals surface area contributed by atoms with E-state index in [0.717, 1.165) is 27.6 Å². The first-order valence-corrected chi connectivity index (χ1v) is 13.7. The van der Waals surface area contributed by atoms with E-state index in [1.165, 1.54) is 0 Å². The number of nitrogens with zero attached hydrogens (tertiary/aromatic N) is 3. The van der Waals surface area contributed by atoms with Crippen LogP contribution in [0.1, 0.15) is 22.4 Å². The molecule has 0 fully saturated rings. The highest BCUT2D eigenvalue weighted by atomic mass is 35.5. The highest BCUT2D eigenvalue weighted by Crippen LogP contribution is 2.39. The van der Waals surface area contributed by atoms with Gasteiger partial charge in [0.05, 0.1) is 23.7 Å². The fraction of sp³-hybridized carbons (Fsp3) is 0.152. The molecule has 5 aromatic rings. The number of aliphatic hydroxyl groups excluding tert-OH is 2. The lowest BCUT2D eigenvalue weighted by molar-refractivity contribution is -0.165. The molecule has 2 aromatic heterocycles. The molecule has 0 saturated heterocycles. The molecule has 0 saturated carbocycles. The molecular formula is C33H28ClN3O8. The fourth-order valence-corrected chi connectivity index (χ4v) is 4.96. The predicted molar refractivity (Wildman–Crippen MR) is 167 cm³/mol. The van der Waals surface area contributed by atoms with Crippen molar-refractivity contribution in [3.05, 3.63) is 123 Å². The van der Waals surface area contributed by atoms with Crippen molar-refractivity contribution in [2.24, 2.45) is 14.1 Å². The Hall–Kier alpha value is -5.25. The van der Waals surface area contributed by atoms with Gasteiger partial charge in [0.25, 0.3) is 5.56 Å². The molecule has 230 valence electrons. The molecule has 5 rings (SSSR count). The van der Waals surface area contributed by atoms with E-state index in [0.29, 0.717) is 21.8 Å². The first kappa shape index (κ1) is 32.7. The van der Waals surface area contributed by atoms with E-state index in [1.54, 1.807) is 59.0 Å². The van der Waals surface area contributed by atoms with E-state index in [9.17, 15) is 19.5 Å². The van der Waals surface area contributed by atoms with Gasteiger partial charge in [-0.3, -0.25) is 4.79 Å². The molecule has 5 N–H and O–H groups in total. The summed E-state index contributed by atoms with van der Waals surface area (Å²) >= 11 is 6.14. The van der Waals surface area contributed by atoms with Gasteiger partial charge in [-0.05, 0) is 58.7 Å². The molecule has 0 aliphatic heterocycles. The normalized spacial score (nSPS) is 13.5. The van der Waals surface area contributed by atoms with Crippen molar-refractivity contribution in [2.45, 2.75) is 17.8 Å². The summed E-state index contributed by atoms with van der Waals surface area (Å²) in [5.41, 5.74) is 3.25. The molecule has 0 amide bonds. The summed E-state index contributed by atoms with van der Waals surface area (Å²) in [5.74, 6) is -0.883. The van der Waals surface area contributed by atoms with E-state index in [4.69, 9.17) is 38.5 Å². The summed E-state index contributed by atoms with van der Waals surface area (Å²) in [5, 5.41) is 46.2. The number of carboxylic acid groups (broad SMARTS) is 2. The van der Waals surface area contributed by atoms with Gasteiger partial charge >= 0.3 is 11.9 Å². The standard InChI is InChI=1S/C29H22ClN3O2.C4H6O6/c1-4-19-6-5-7-20(14-19)24-16-28(34)33(3)26-13-10-22(15-25(24)26)29(35,27-17-31-18-32(27)2)21-8-11-23(30)12-9-21;5-1(3(7)8)2(6)4(9)10/h1,5-18,35H,2-3H3;1-2,5-6H,(H,7,8)(H,9,10)/t29-;1-,2-/m10/s1. The van der Waals surface area contributed by atoms with Crippen LogP contribution in [0.2, 0.25) is 5.02 Å². The van der Waals surface area contributed by atoms with Gasteiger partial charge in [-0.25, -0.2) is 14.6 Å². The second-order valence-electron chi connectivity index (χ2n) is 10.1. The van der Waals surface area contributed by atoms with Crippen LogP contribution in [0.3, 0.4) is 0 Å². The zero-order chi connectivity index (χ0) is 33.1. The number of carboxylic acids is 2. The molecule has 3 atom stereocenters. The van der Waals surface area contributed by atoms with Crippen LogP contribution in [-0.2, 0) is 29.3 Å². The number of aliphatic carboxylic acids is 2. The summed E-state index contributed by atoms with van der Waals surface area (Å²) in [4.78, 5) is 36.6. The van der Waals surface area contributed by atoms with Crippen molar-refractivity contribution >= 4 is 34.4 Å². The Balaban J connectivity index is 0.000000399. The molecule has 0 spiro atoms. The molecule has 0 bridgehead atoms. The summed E-state index contributed by atoms with van der Waals surface area (Å²) in [6, 6.07) is 21.9. The maximum Gasteiger partial charge on any atom is 0.335 e. The zero-order valence-corrected chi connectivity index (χ0v) is 24.8. The molecule has 3 aromatic carbocycles. The van der Waals surface area contributed by atoms with Crippen LogP contribution >= 0.6 is 11.6 Å². The number of benzene rings is 3. The zero-order valence-electron chi connectivity index (χ0n) is 24.0. The summed E-state index contributed by atoms with van der Waals surface area (Å²) in [6.07, 6.45) is 4.39. The lowest BCUT2D eigenvalue weighted by atomic mass is 9.82. The highest BCUT2D eigenvalue weighted by molar-refractivity contribution is 6.30. The first-order valence-electron chi connectivity index (χ1n) is 13.3. The van der Waals surface area contributed by atoms with Gasteiger partial charge in [-0.15, -0.1) is 6.42 Å². The van der Waals surface area contributed by atoms with Gasteiger partial charge in [0.2, 0.25) is 0 Å². The molecule has 0 unspecified atom stereocenters. The minimum Gasteiger partial charge on any atom is -0.479 e. The predicted octanol–water partition coefficient (Wildman–Crippen LogP) is 2.74. The van der Waals surface area contributed by atoms with Gasteiger partial charge in [-0.1, -0.05) is 47.9 Å². The number of aryl methyl sites for hydroxylation is 2. The van der Waals surface area contributed by atoms with E-state index in [-0.39, 0.29) is 5.56 Å². The number of imidazole rings is 1. The second-order valence-corrected chi connectivity index (χ2v) is 10.5. The van der Waals surface area contributed by atoms with Crippen LogP contribution < -0.4 is 5.56 Å². The lowest BCUT2D eigenvalue weighted by Gasteiger charge is -2.30. The third-order valence-electron chi connectivity index (χ3n) is 7.26. The molecular weight excluding hydrogens is 602 g/mol. The highest BCUT2D eigenvalue weighted by Gasteiger charge is 2.37. The second kappa shape index (κ2) is 13.2. The van der Waals surface area contributed by atoms with Crippen LogP contribution in [0.4, 0.5) is 0 Å². The van der Waals surface area contributed by atoms with E-state index in [2.05, 4.69) is 10.9 Å². The van der Waals surface area contributed by atoms with Gasteiger partial charge < -0.3 is 34.7 Å². The fourth-order valence-electron chi connectivity index (χ4n) is 4.83. The molecule has 11 nitrogen and oxygen atoms in total. The van der Waals surface area contributed by atoms with E-state index >= 15 is 0 Å². The van der Waals surface area contributed by atoms with E-state index in [1.807, 2.05) is 49.5 Å². The molecule has 0 radical (unpaired) electrons. The van der Waals surface area contributed by atoms with Gasteiger partial charge in [0, 0.05) is 36.1 Å². The smallest absolute Gasteiger partial charge is 0.335 e. The lowest BCUT2D eigenvalue weighted by Crippen LogP contribution is -2.39. The number of hydrogen-bond donors (Lipinski definition) is 5. The maximum atomic E-state index is 12.8. The van der Waals surface area contributed by atoms with Crippen LogP contribution in [0.5, 0.6) is 0 Å². The van der Waals surface area contributed by atoms with Gasteiger partial charge in [-0.2, -0.15) is 0 Å². The Morgan fingerprint density at radius 1 is 0.933 bits per heavy atom. The van der Waals surface area contributed by atoms with Crippen molar-refractivity contribution in [2.75, 3.05) is 0 Å². The van der Waals surface area contributed by atoms with Crippen molar-refractivity contribution in [1.29, 1.82) is 0 Å². The molecule has 45 heavy (non-hydrogen) atoms. The van der Waals surface area contributed by atoms with Crippen molar-refractivity contribution in [3.63, 3.8) is 0 Å². The Morgan fingerprint density at radius 3 is 2.11 bits per heavy atom. The minimum absolute atomic E-state index is 0.133. The van der Waals surface area contributed by atoms with Crippen LogP contribution in [0.25, 0.3) is 22.0 Å². The number of hydrogen-bond acceptors (Lipinski definition) is 7. The number of aromatic nitrogens is 3. The third-order valence-corrected chi connectivity index (χ3v) is 7.51.